The third-order valence-electron chi connectivity index (χ3n) is 2.90. The van der Waals surface area contributed by atoms with E-state index in [0.29, 0.717) is 18.2 Å². The van der Waals surface area contributed by atoms with Crippen molar-refractivity contribution in [3.8, 4) is 0 Å². The van der Waals surface area contributed by atoms with Crippen LogP contribution in [0.4, 0.5) is 0 Å². The van der Waals surface area contributed by atoms with Crippen LogP contribution in [0.15, 0.2) is 0 Å². The van der Waals surface area contributed by atoms with Gasteiger partial charge in [-0.05, 0) is 18.8 Å². The van der Waals surface area contributed by atoms with Crippen LogP contribution in [-0.4, -0.2) is 29.3 Å². The molecule has 0 aromatic heterocycles. The summed E-state index contributed by atoms with van der Waals surface area (Å²) in [5.74, 6) is 1.38. The van der Waals surface area contributed by atoms with Crippen molar-refractivity contribution < 1.29 is 4.79 Å². The summed E-state index contributed by atoms with van der Waals surface area (Å²) >= 11 is 5.88. The van der Waals surface area contributed by atoms with Crippen LogP contribution in [0.25, 0.3) is 0 Å². The first-order chi connectivity index (χ1) is 6.20. The highest BCUT2D eigenvalue weighted by Gasteiger charge is 2.29. The highest BCUT2D eigenvalue weighted by atomic mass is 35.5. The number of carbonyl (C=O) groups is 1. The van der Waals surface area contributed by atoms with Gasteiger partial charge in [-0.2, -0.15) is 0 Å². The Morgan fingerprint density at radius 1 is 1.62 bits per heavy atom. The molecule has 2 nitrogen and oxygen atoms in total. The Balaban J connectivity index is 2.64. The summed E-state index contributed by atoms with van der Waals surface area (Å²) in [7, 11) is 0. The lowest BCUT2D eigenvalue weighted by Gasteiger charge is -2.39. The van der Waals surface area contributed by atoms with Gasteiger partial charge in [0.05, 0.1) is 0 Å². The predicted molar refractivity (Wildman–Crippen MR) is 54.9 cm³/mol. The van der Waals surface area contributed by atoms with Gasteiger partial charge in [0.15, 0.2) is 0 Å². The van der Waals surface area contributed by atoms with Gasteiger partial charge in [0.2, 0.25) is 5.91 Å². The Labute approximate surface area is 85.2 Å². The maximum Gasteiger partial charge on any atom is 0.222 e. The molecule has 13 heavy (non-hydrogen) atoms. The van der Waals surface area contributed by atoms with E-state index in [4.69, 9.17) is 11.6 Å². The van der Waals surface area contributed by atoms with Crippen LogP contribution in [0.2, 0.25) is 0 Å². The molecule has 0 aliphatic carbocycles. The molecule has 0 aromatic rings. The summed E-state index contributed by atoms with van der Waals surface area (Å²) in [4.78, 5) is 13.5. The Kier molecular flexibility index (Phi) is 4.04. The zero-order chi connectivity index (χ0) is 9.84. The molecule has 0 bridgehead atoms. The van der Waals surface area contributed by atoms with E-state index in [1.165, 1.54) is 6.42 Å². The molecular formula is C10H18ClNO. The van der Waals surface area contributed by atoms with Crippen LogP contribution in [0.5, 0.6) is 0 Å². The van der Waals surface area contributed by atoms with Crippen molar-refractivity contribution in [3.05, 3.63) is 0 Å². The van der Waals surface area contributed by atoms with E-state index in [-0.39, 0.29) is 11.9 Å². The molecule has 3 heteroatoms. The molecule has 1 rings (SSSR count). The lowest BCUT2D eigenvalue weighted by molar-refractivity contribution is -0.135. The zero-order valence-corrected chi connectivity index (χ0v) is 9.18. The maximum absolute atomic E-state index is 11.5. The fraction of sp³-hybridized carbons (Fsp3) is 0.900. The second kappa shape index (κ2) is 4.85. The first-order valence-electron chi connectivity index (χ1n) is 5.06. The standard InChI is InChI=1S/C10H18ClNO/c1-3-10(13)12-6-4-5-8(2)9(12)7-11/h8-9H,3-7H2,1-2H3/t8-,9-/m1/s1. The van der Waals surface area contributed by atoms with Crippen molar-refractivity contribution in [2.75, 3.05) is 12.4 Å². The second-order valence-corrected chi connectivity index (χ2v) is 4.09. The highest BCUT2D eigenvalue weighted by Crippen LogP contribution is 2.24. The lowest BCUT2D eigenvalue weighted by Crippen LogP contribution is -2.48. The number of nitrogens with zero attached hydrogens (tertiary/aromatic N) is 1. The van der Waals surface area contributed by atoms with Crippen molar-refractivity contribution in [2.24, 2.45) is 5.92 Å². The van der Waals surface area contributed by atoms with Gasteiger partial charge in [-0.1, -0.05) is 13.8 Å². The quantitative estimate of drug-likeness (QED) is 0.631. The smallest absolute Gasteiger partial charge is 0.222 e. The van der Waals surface area contributed by atoms with Crippen molar-refractivity contribution in [1.29, 1.82) is 0 Å². The topological polar surface area (TPSA) is 20.3 Å². The molecule has 1 amide bonds. The summed E-state index contributed by atoms with van der Waals surface area (Å²) in [6.45, 7) is 4.99. The minimum Gasteiger partial charge on any atom is -0.338 e. The molecule has 0 radical (unpaired) electrons. The number of amides is 1. The minimum absolute atomic E-state index is 0.247. The summed E-state index contributed by atoms with van der Waals surface area (Å²) in [6.07, 6.45) is 2.92. The number of rotatable bonds is 2. The average molecular weight is 204 g/mol. The summed E-state index contributed by atoms with van der Waals surface area (Å²) in [6, 6.07) is 0.267. The molecule has 0 spiro atoms. The first-order valence-corrected chi connectivity index (χ1v) is 5.59. The zero-order valence-electron chi connectivity index (χ0n) is 8.42. The number of piperidine rings is 1. The van der Waals surface area contributed by atoms with E-state index >= 15 is 0 Å². The van der Waals surface area contributed by atoms with Gasteiger partial charge in [-0.15, -0.1) is 11.6 Å². The second-order valence-electron chi connectivity index (χ2n) is 3.78. The van der Waals surface area contributed by atoms with Crippen molar-refractivity contribution in [2.45, 2.75) is 39.2 Å². The Morgan fingerprint density at radius 3 is 2.85 bits per heavy atom. The molecule has 76 valence electrons. The van der Waals surface area contributed by atoms with E-state index in [2.05, 4.69) is 6.92 Å². The summed E-state index contributed by atoms with van der Waals surface area (Å²) in [5.41, 5.74) is 0. The number of halogens is 1. The maximum atomic E-state index is 11.5. The fourth-order valence-corrected chi connectivity index (χ4v) is 2.47. The monoisotopic (exact) mass is 203 g/mol. The summed E-state index contributed by atoms with van der Waals surface area (Å²) in [5, 5.41) is 0. The number of hydrogen-bond donors (Lipinski definition) is 0. The van der Waals surface area contributed by atoms with Gasteiger partial charge >= 0.3 is 0 Å². The highest BCUT2D eigenvalue weighted by molar-refractivity contribution is 6.18. The van der Waals surface area contributed by atoms with Crippen LogP contribution < -0.4 is 0 Å². The molecule has 0 saturated carbocycles. The van der Waals surface area contributed by atoms with E-state index in [0.717, 1.165) is 13.0 Å². The molecule has 2 atom stereocenters. The SMILES string of the molecule is CCC(=O)N1CCC[C@@H](C)[C@H]1CCl. The summed E-state index contributed by atoms with van der Waals surface area (Å²) < 4.78 is 0. The molecule has 1 aliphatic rings. The fourth-order valence-electron chi connectivity index (χ4n) is 2.00. The van der Waals surface area contributed by atoms with E-state index in [1.54, 1.807) is 0 Å². The minimum atomic E-state index is 0.247. The Hall–Kier alpha value is -0.240. The van der Waals surface area contributed by atoms with Gasteiger partial charge in [0, 0.05) is 24.9 Å². The third kappa shape index (κ3) is 2.37. The predicted octanol–water partition coefficient (Wildman–Crippen LogP) is 2.26. The van der Waals surface area contributed by atoms with Crippen molar-refractivity contribution in [1.82, 2.24) is 4.90 Å². The largest absolute Gasteiger partial charge is 0.338 e. The number of hydrogen-bond acceptors (Lipinski definition) is 1. The molecular weight excluding hydrogens is 186 g/mol. The van der Waals surface area contributed by atoms with Crippen LogP contribution in [0, 0.1) is 5.92 Å². The molecule has 1 saturated heterocycles. The number of alkyl halides is 1. The molecule has 0 aromatic carbocycles. The van der Waals surface area contributed by atoms with Crippen LogP contribution >= 0.6 is 11.6 Å². The van der Waals surface area contributed by atoms with Gasteiger partial charge in [-0.25, -0.2) is 0 Å². The molecule has 1 heterocycles. The number of likely N-dealkylation sites (tertiary alicyclic amines) is 1. The molecule has 0 N–H and O–H groups in total. The Bertz CT molecular complexity index is 184. The van der Waals surface area contributed by atoms with Gasteiger partial charge in [0.25, 0.3) is 0 Å². The van der Waals surface area contributed by atoms with Gasteiger partial charge in [0.1, 0.15) is 0 Å². The third-order valence-corrected chi connectivity index (χ3v) is 3.21. The van der Waals surface area contributed by atoms with E-state index in [9.17, 15) is 4.79 Å². The Morgan fingerprint density at radius 2 is 2.31 bits per heavy atom. The van der Waals surface area contributed by atoms with Crippen LogP contribution in [0.1, 0.15) is 33.1 Å². The van der Waals surface area contributed by atoms with E-state index in [1.807, 2.05) is 11.8 Å². The average Bonchev–Trinajstić information content (AvgIpc) is 2.16. The van der Waals surface area contributed by atoms with Crippen molar-refractivity contribution >= 4 is 17.5 Å². The van der Waals surface area contributed by atoms with Crippen molar-refractivity contribution in [3.63, 3.8) is 0 Å². The van der Waals surface area contributed by atoms with Gasteiger partial charge < -0.3 is 4.90 Å². The van der Waals surface area contributed by atoms with Gasteiger partial charge in [-0.3, -0.25) is 4.79 Å². The van der Waals surface area contributed by atoms with Crippen LogP contribution in [-0.2, 0) is 4.79 Å². The molecule has 1 aliphatic heterocycles. The normalized spacial score (nSPS) is 29.0. The molecule has 0 unspecified atom stereocenters. The molecule has 1 fully saturated rings. The van der Waals surface area contributed by atoms with Crippen LogP contribution in [0.3, 0.4) is 0 Å². The lowest BCUT2D eigenvalue weighted by atomic mass is 9.92. The first kappa shape index (κ1) is 10.8. The number of carbonyl (C=O) groups excluding carboxylic acids is 1. The van der Waals surface area contributed by atoms with E-state index < -0.39 is 0 Å².